The maximum atomic E-state index is 14.0. The number of thiazole rings is 1. The molecule has 0 bridgehead atoms. The number of ether oxygens (including phenoxy) is 1. The number of nitrogens with one attached hydrogen (secondary N) is 1. The van der Waals surface area contributed by atoms with Crippen LogP contribution in [0, 0.1) is 17.5 Å². The van der Waals surface area contributed by atoms with Gasteiger partial charge in [0.2, 0.25) is 5.91 Å². The number of thioether (sulfide) groups is 1. The van der Waals surface area contributed by atoms with Gasteiger partial charge < -0.3 is 10.1 Å². The van der Waals surface area contributed by atoms with Crippen molar-refractivity contribution in [3.05, 3.63) is 82.4 Å². The summed E-state index contributed by atoms with van der Waals surface area (Å²) in [5, 5.41) is 3.15. The molecule has 12 heteroatoms. The molecule has 36 heavy (non-hydrogen) atoms. The number of halogens is 3. The minimum Gasteiger partial charge on any atom is -0.497 e. The van der Waals surface area contributed by atoms with Crippen molar-refractivity contribution in [3.8, 4) is 11.4 Å². The van der Waals surface area contributed by atoms with Crippen molar-refractivity contribution < 1.29 is 22.7 Å². The summed E-state index contributed by atoms with van der Waals surface area (Å²) in [6.07, 6.45) is 0. The molecule has 2 heterocycles. The van der Waals surface area contributed by atoms with Gasteiger partial charge in [-0.25, -0.2) is 23.1 Å². The minimum absolute atomic E-state index is 0.0174. The molecule has 0 unspecified atom stereocenters. The fourth-order valence-electron chi connectivity index (χ4n) is 3.50. The van der Waals surface area contributed by atoms with Crippen molar-refractivity contribution in [2.45, 2.75) is 5.16 Å². The normalized spacial score (nSPS) is 11.2. The molecule has 0 aliphatic carbocycles. The van der Waals surface area contributed by atoms with Gasteiger partial charge in [-0.05, 0) is 30.3 Å². The first-order valence-electron chi connectivity index (χ1n) is 10.4. The Morgan fingerprint density at radius 3 is 2.69 bits per heavy atom. The Hall–Kier alpha value is -3.90. The van der Waals surface area contributed by atoms with Crippen LogP contribution in [-0.2, 0) is 4.79 Å². The van der Waals surface area contributed by atoms with Crippen LogP contribution < -0.4 is 15.6 Å². The Bertz CT molecular complexity index is 1700. The van der Waals surface area contributed by atoms with Crippen molar-refractivity contribution in [3.63, 3.8) is 0 Å². The summed E-state index contributed by atoms with van der Waals surface area (Å²) in [5.41, 5.74) is 0.286. The van der Waals surface area contributed by atoms with Gasteiger partial charge in [0.1, 0.15) is 11.3 Å². The summed E-state index contributed by atoms with van der Waals surface area (Å²) in [6, 6.07) is 14.5. The minimum atomic E-state index is -1.63. The molecule has 3 aromatic carbocycles. The molecule has 5 aromatic rings. The van der Waals surface area contributed by atoms with E-state index in [-0.39, 0.29) is 31.8 Å². The molecule has 0 fully saturated rings. The zero-order chi connectivity index (χ0) is 25.4. The largest absolute Gasteiger partial charge is 0.497 e. The number of amides is 1. The van der Waals surface area contributed by atoms with Crippen LogP contribution in [0.25, 0.3) is 26.8 Å². The molecule has 182 valence electrons. The molecule has 2 aromatic heterocycles. The summed E-state index contributed by atoms with van der Waals surface area (Å²) >= 11 is 1.82. The van der Waals surface area contributed by atoms with Crippen LogP contribution >= 0.6 is 23.1 Å². The Morgan fingerprint density at radius 1 is 1.08 bits per heavy atom. The topological polar surface area (TPSA) is 86.1 Å². The molecule has 0 aliphatic heterocycles. The van der Waals surface area contributed by atoms with Gasteiger partial charge in [0, 0.05) is 6.07 Å². The van der Waals surface area contributed by atoms with Gasteiger partial charge in [-0.3, -0.25) is 14.2 Å². The third kappa shape index (κ3) is 4.40. The van der Waals surface area contributed by atoms with Crippen molar-refractivity contribution in [1.82, 2.24) is 14.5 Å². The second kappa shape index (κ2) is 9.63. The SMILES string of the molecule is COc1cccc(-n2c(SCC(=O)Nc3nc4c(F)c(F)c(F)cc4s3)nc3ccccc3c2=O)c1. The summed E-state index contributed by atoms with van der Waals surface area (Å²) < 4.78 is 47.7. The van der Waals surface area contributed by atoms with Gasteiger partial charge in [-0.1, -0.05) is 41.3 Å². The number of rotatable bonds is 6. The van der Waals surface area contributed by atoms with E-state index in [1.165, 1.54) is 11.7 Å². The second-order valence-corrected chi connectivity index (χ2v) is 9.42. The number of hydrogen-bond acceptors (Lipinski definition) is 7. The van der Waals surface area contributed by atoms with Gasteiger partial charge in [-0.15, -0.1) is 0 Å². The molecule has 0 radical (unpaired) electrons. The standard InChI is InChI=1S/C24H15F3N4O3S2/c1-34-13-6-4-5-12(9-13)31-22(33)14-7-2-3-8-16(14)28-24(31)35-11-18(32)29-23-30-21-17(36-23)10-15(25)19(26)20(21)27/h2-10H,11H2,1H3,(H,29,30,32). The van der Waals surface area contributed by atoms with E-state index in [0.717, 1.165) is 29.2 Å². The number of anilines is 1. The van der Waals surface area contributed by atoms with Crippen LogP contribution in [0.15, 0.2) is 64.5 Å². The third-order valence-electron chi connectivity index (χ3n) is 5.16. The number of hydrogen-bond donors (Lipinski definition) is 1. The van der Waals surface area contributed by atoms with E-state index in [1.807, 2.05) is 0 Å². The van der Waals surface area contributed by atoms with Crippen LogP contribution in [0.1, 0.15) is 0 Å². The molecule has 7 nitrogen and oxygen atoms in total. The highest BCUT2D eigenvalue weighted by Crippen LogP contribution is 2.31. The number of para-hydroxylation sites is 1. The number of benzene rings is 3. The Kier molecular flexibility index (Phi) is 6.37. The molecular weight excluding hydrogens is 513 g/mol. The van der Waals surface area contributed by atoms with E-state index in [0.29, 0.717) is 22.3 Å². The first kappa shape index (κ1) is 23.8. The third-order valence-corrected chi connectivity index (χ3v) is 7.01. The van der Waals surface area contributed by atoms with Crippen LogP contribution in [0.4, 0.5) is 18.3 Å². The number of carbonyl (C=O) groups is 1. The lowest BCUT2D eigenvalue weighted by molar-refractivity contribution is -0.113. The molecular formula is C24H15F3N4O3S2. The summed E-state index contributed by atoms with van der Waals surface area (Å²) in [7, 11) is 1.51. The number of fused-ring (bicyclic) bond motifs is 2. The molecule has 0 saturated carbocycles. The zero-order valence-electron chi connectivity index (χ0n) is 18.4. The first-order valence-corrected chi connectivity index (χ1v) is 12.2. The quantitative estimate of drug-likeness (QED) is 0.186. The predicted molar refractivity (Wildman–Crippen MR) is 133 cm³/mol. The maximum Gasteiger partial charge on any atom is 0.266 e. The first-order chi connectivity index (χ1) is 17.4. The van der Waals surface area contributed by atoms with Gasteiger partial charge >= 0.3 is 0 Å². The molecule has 5 rings (SSSR count). The molecule has 0 saturated heterocycles. The number of methoxy groups -OCH3 is 1. The molecule has 1 N–H and O–H groups in total. The molecule has 0 atom stereocenters. The molecule has 0 spiro atoms. The molecule has 0 aliphatic rings. The van der Waals surface area contributed by atoms with Gasteiger partial charge in [0.15, 0.2) is 27.7 Å². The lowest BCUT2D eigenvalue weighted by Crippen LogP contribution is -2.23. The average Bonchev–Trinajstić information content (AvgIpc) is 3.28. The van der Waals surface area contributed by atoms with Gasteiger partial charge in [0.25, 0.3) is 5.56 Å². The van der Waals surface area contributed by atoms with E-state index in [4.69, 9.17) is 4.74 Å². The van der Waals surface area contributed by atoms with Crippen molar-refractivity contribution in [1.29, 1.82) is 0 Å². The highest BCUT2D eigenvalue weighted by molar-refractivity contribution is 7.99. The molecule has 1 amide bonds. The van der Waals surface area contributed by atoms with Crippen LogP contribution in [-0.4, -0.2) is 33.3 Å². The fraction of sp³-hybridized carbons (Fsp3) is 0.0833. The van der Waals surface area contributed by atoms with Crippen LogP contribution in [0.2, 0.25) is 0 Å². The average molecular weight is 529 g/mol. The van der Waals surface area contributed by atoms with Gasteiger partial charge in [0.05, 0.1) is 34.2 Å². The summed E-state index contributed by atoms with van der Waals surface area (Å²) in [5.74, 6) is -4.54. The monoisotopic (exact) mass is 528 g/mol. The van der Waals surface area contributed by atoms with E-state index < -0.39 is 23.4 Å². The predicted octanol–water partition coefficient (Wildman–Crippen LogP) is 5.15. The lowest BCUT2D eigenvalue weighted by Gasteiger charge is -2.14. The van der Waals surface area contributed by atoms with E-state index in [2.05, 4.69) is 15.3 Å². The number of carbonyl (C=O) groups excluding carboxylic acids is 1. The number of nitrogens with zero attached hydrogens (tertiary/aromatic N) is 3. The Morgan fingerprint density at radius 2 is 1.89 bits per heavy atom. The fourth-order valence-corrected chi connectivity index (χ4v) is 5.22. The van der Waals surface area contributed by atoms with E-state index in [1.54, 1.807) is 48.5 Å². The summed E-state index contributed by atoms with van der Waals surface area (Å²) in [6.45, 7) is 0. The van der Waals surface area contributed by atoms with Crippen molar-refractivity contribution >= 4 is 55.3 Å². The van der Waals surface area contributed by atoms with Crippen LogP contribution in [0.5, 0.6) is 5.75 Å². The Labute approximate surface area is 209 Å². The number of aromatic nitrogens is 3. The van der Waals surface area contributed by atoms with Crippen molar-refractivity contribution in [2.75, 3.05) is 18.2 Å². The lowest BCUT2D eigenvalue weighted by atomic mass is 10.2. The van der Waals surface area contributed by atoms with Crippen LogP contribution in [0.3, 0.4) is 0 Å². The second-order valence-electron chi connectivity index (χ2n) is 7.44. The zero-order valence-corrected chi connectivity index (χ0v) is 20.1. The highest BCUT2D eigenvalue weighted by Gasteiger charge is 2.19. The van der Waals surface area contributed by atoms with Crippen molar-refractivity contribution in [2.24, 2.45) is 0 Å². The van der Waals surface area contributed by atoms with E-state index in [9.17, 15) is 22.8 Å². The highest BCUT2D eigenvalue weighted by atomic mass is 32.2. The Balaban J connectivity index is 1.45. The van der Waals surface area contributed by atoms with Gasteiger partial charge in [-0.2, -0.15) is 0 Å². The van der Waals surface area contributed by atoms with E-state index >= 15 is 0 Å². The maximum absolute atomic E-state index is 14.0. The summed E-state index contributed by atoms with van der Waals surface area (Å²) in [4.78, 5) is 34.4. The smallest absolute Gasteiger partial charge is 0.266 e.